The van der Waals surface area contributed by atoms with Crippen LogP contribution in [0.25, 0.3) is 0 Å². The van der Waals surface area contributed by atoms with Gasteiger partial charge in [0.05, 0.1) is 6.04 Å². The van der Waals surface area contributed by atoms with E-state index in [-0.39, 0.29) is 12.4 Å². The Balaban J connectivity index is 2.35. The first kappa shape index (κ1) is 24.8. The zero-order valence-corrected chi connectivity index (χ0v) is 19.2. The lowest BCUT2D eigenvalue weighted by atomic mass is 9.84. The van der Waals surface area contributed by atoms with Crippen molar-refractivity contribution in [2.45, 2.75) is 52.3 Å². The highest BCUT2D eigenvalue weighted by Crippen LogP contribution is 2.24. The summed E-state index contributed by atoms with van der Waals surface area (Å²) in [5.74, 6) is -2.37. The number of esters is 1. The van der Waals surface area contributed by atoms with Crippen molar-refractivity contribution in [3.63, 3.8) is 0 Å². The van der Waals surface area contributed by atoms with E-state index in [0.717, 1.165) is 11.1 Å². The van der Waals surface area contributed by atoms with Gasteiger partial charge in [-0.2, -0.15) is 0 Å². The fourth-order valence-corrected chi connectivity index (χ4v) is 3.60. The van der Waals surface area contributed by atoms with Crippen molar-refractivity contribution in [3.8, 4) is 0 Å². The lowest BCUT2D eigenvalue weighted by Gasteiger charge is -2.32. The third-order valence-corrected chi connectivity index (χ3v) is 5.23. The Morgan fingerprint density at radius 3 is 1.97 bits per heavy atom. The second kappa shape index (κ2) is 11.2. The molecule has 0 aliphatic carbocycles. The van der Waals surface area contributed by atoms with E-state index in [1.54, 1.807) is 27.7 Å². The molecule has 0 aromatic heterocycles. The Hall–Kier alpha value is -2.50. The number of aliphatic hydroxyl groups is 1. The molecule has 5 heteroatoms. The van der Waals surface area contributed by atoms with E-state index in [2.05, 4.69) is 0 Å². The SMILES string of the molecule is CC(CO)C(C(=O)OC(C)(C)C)C(=O)[C@H](Cc1ccccc1)N(C)Cc1ccccc1. The van der Waals surface area contributed by atoms with E-state index in [1.165, 1.54) is 0 Å². The van der Waals surface area contributed by atoms with Gasteiger partial charge in [-0.05, 0) is 51.3 Å². The number of carbonyl (C=O) groups is 2. The van der Waals surface area contributed by atoms with Crippen LogP contribution in [-0.2, 0) is 27.3 Å². The minimum atomic E-state index is -1.03. The molecule has 1 N–H and O–H groups in total. The summed E-state index contributed by atoms with van der Waals surface area (Å²) in [6, 6.07) is 19.2. The van der Waals surface area contributed by atoms with Gasteiger partial charge >= 0.3 is 5.97 Å². The Bertz CT molecular complexity index is 829. The van der Waals surface area contributed by atoms with Crippen LogP contribution in [0.3, 0.4) is 0 Å². The molecule has 5 nitrogen and oxygen atoms in total. The van der Waals surface area contributed by atoms with Crippen LogP contribution in [0.4, 0.5) is 0 Å². The molecule has 2 aromatic carbocycles. The fourth-order valence-electron chi connectivity index (χ4n) is 3.60. The predicted molar refractivity (Wildman–Crippen MR) is 122 cm³/mol. The molecule has 0 saturated carbocycles. The standard InChI is InChI=1S/C26H35NO4/c1-19(18-28)23(25(30)31-26(2,3)4)24(29)22(16-20-12-8-6-9-13-20)27(5)17-21-14-10-7-11-15-21/h6-15,19,22-23,28H,16-18H2,1-5H3/t19?,22-,23?/m0/s1. The van der Waals surface area contributed by atoms with Crippen molar-refractivity contribution in [2.24, 2.45) is 11.8 Å². The van der Waals surface area contributed by atoms with Crippen LogP contribution in [0.15, 0.2) is 60.7 Å². The van der Waals surface area contributed by atoms with Crippen molar-refractivity contribution in [1.29, 1.82) is 0 Å². The zero-order valence-electron chi connectivity index (χ0n) is 19.2. The van der Waals surface area contributed by atoms with Gasteiger partial charge in [-0.25, -0.2) is 0 Å². The minimum Gasteiger partial charge on any atom is -0.459 e. The van der Waals surface area contributed by atoms with Crippen LogP contribution in [0.5, 0.6) is 0 Å². The lowest BCUT2D eigenvalue weighted by molar-refractivity contribution is -0.165. The normalized spacial score (nSPS) is 14.7. The molecule has 0 bridgehead atoms. The molecular formula is C26H35NO4. The van der Waals surface area contributed by atoms with Crippen LogP contribution in [0.1, 0.15) is 38.8 Å². The molecule has 0 heterocycles. The van der Waals surface area contributed by atoms with Crippen LogP contribution in [0.2, 0.25) is 0 Å². The largest absolute Gasteiger partial charge is 0.459 e. The summed E-state index contributed by atoms with van der Waals surface area (Å²) in [5, 5.41) is 9.77. The number of hydrogen-bond acceptors (Lipinski definition) is 5. The van der Waals surface area contributed by atoms with Crippen LogP contribution < -0.4 is 0 Å². The van der Waals surface area contributed by atoms with Gasteiger partial charge in [0.15, 0.2) is 5.78 Å². The van der Waals surface area contributed by atoms with Crippen molar-refractivity contribution >= 4 is 11.8 Å². The van der Waals surface area contributed by atoms with E-state index < -0.39 is 29.4 Å². The van der Waals surface area contributed by atoms with Gasteiger partial charge in [0.1, 0.15) is 11.5 Å². The summed E-state index contributed by atoms with van der Waals surface area (Å²) in [6.45, 7) is 7.34. The number of aliphatic hydroxyl groups excluding tert-OH is 1. The molecule has 0 saturated heterocycles. The maximum atomic E-state index is 13.8. The molecule has 168 valence electrons. The fraction of sp³-hybridized carbons (Fsp3) is 0.462. The first-order valence-electron chi connectivity index (χ1n) is 10.8. The molecule has 0 aliphatic heterocycles. The van der Waals surface area contributed by atoms with E-state index in [9.17, 15) is 14.7 Å². The summed E-state index contributed by atoms with van der Waals surface area (Å²) in [5.41, 5.74) is 1.38. The van der Waals surface area contributed by atoms with E-state index in [4.69, 9.17) is 4.74 Å². The molecule has 3 atom stereocenters. The summed E-state index contributed by atoms with van der Waals surface area (Å²) in [4.78, 5) is 28.7. The van der Waals surface area contributed by atoms with E-state index in [1.807, 2.05) is 72.6 Å². The third-order valence-electron chi connectivity index (χ3n) is 5.23. The number of ether oxygens (including phenoxy) is 1. The smallest absolute Gasteiger partial charge is 0.317 e. The number of ketones is 1. The summed E-state index contributed by atoms with van der Waals surface area (Å²) in [6.07, 6.45) is 0.473. The Morgan fingerprint density at radius 1 is 0.968 bits per heavy atom. The third kappa shape index (κ3) is 7.60. The highest BCUT2D eigenvalue weighted by molar-refractivity contribution is 6.02. The molecule has 0 spiro atoms. The summed E-state index contributed by atoms with van der Waals surface area (Å²) in [7, 11) is 1.90. The molecule has 0 aliphatic rings. The van der Waals surface area contributed by atoms with Gasteiger partial charge in [0.2, 0.25) is 0 Å². The Morgan fingerprint density at radius 2 is 1.48 bits per heavy atom. The van der Waals surface area contributed by atoms with Crippen LogP contribution in [0, 0.1) is 11.8 Å². The number of benzene rings is 2. The van der Waals surface area contributed by atoms with Gasteiger partial charge in [0.25, 0.3) is 0 Å². The molecule has 2 aromatic rings. The molecule has 0 amide bonds. The van der Waals surface area contributed by atoms with Gasteiger partial charge in [0, 0.05) is 13.2 Å². The number of hydrogen-bond donors (Lipinski definition) is 1. The van der Waals surface area contributed by atoms with Crippen molar-refractivity contribution < 1.29 is 19.4 Å². The number of likely N-dealkylation sites (N-methyl/N-ethyl adjacent to an activating group) is 1. The number of Topliss-reactive ketones (excluding diaryl/α,β-unsaturated/α-hetero) is 1. The van der Waals surface area contributed by atoms with Crippen LogP contribution >= 0.6 is 0 Å². The molecule has 31 heavy (non-hydrogen) atoms. The van der Waals surface area contributed by atoms with Crippen molar-refractivity contribution in [2.75, 3.05) is 13.7 Å². The van der Waals surface area contributed by atoms with Gasteiger partial charge in [-0.1, -0.05) is 67.6 Å². The van der Waals surface area contributed by atoms with Crippen molar-refractivity contribution in [3.05, 3.63) is 71.8 Å². The average Bonchev–Trinajstić information content (AvgIpc) is 2.72. The second-order valence-corrected chi connectivity index (χ2v) is 9.18. The number of carbonyl (C=O) groups excluding carboxylic acids is 2. The van der Waals surface area contributed by atoms with Crippen LogP contribution in [-0.4, -0.2) is 47.1 Å². The maximum absolute atomic E-state index is 13.8. The average molecular weight is 426 g/mol. The zero-order chi connectivity index (χ0) is 23.0. The van der Waals surface area contributed by atoms with Crippen molar-refractivity contribution in [1.82, 2.24) is 4.90 Å². The molecule has 0 radical (unpaired) electrons. The maximum Gasteiger partial charge on any atom is 0.317 e. The summed E-state index contributed by atoms with van der Waals surface area (Å²) < 4.78 is 5.55. The molecule has 2 rings (SSSR count). The quantitative estimate of drug-likeness (QED) is 0.462. The van der Waals surface area contributed by atoms with Gasteiger partial charge in [-0.3, -0.25) is 14.5 Å². The topological polar surface area (TPSA) is 66.8 Å². The number of rotatable bonds is 10. The molecule has 2 unspecified atom stereocenters. The lowest BCUT2D eigenvalue weighted by Crippen LogP contribution is -2.48. The highest BCUT2D eigenvalue weighted by Gasteiger charge is 2.40. The van der Waals surface area contributed by atoms with Gasteiger partial charge in [-0.15, -0.1) is 0 Å². The van der Waals surface area contributed by atoms with Gasteiger partial charge < -0.3 is 9.84 Å². The molecule has 0 fully saturated rings. The first-order valence-corrected chi connectivity index (χ1v) is 10.8. The van der Waals surface area contributed by atoms with E-state index in [0.29, 0.717) is 13.0 Å². The summed E-state index contributed by atoms with van der Waals surface area (Å²) >= 11 is 0. The minimum absolute atomic E-state index is 0.224. The Kier molecular flexibility index (Phi) is 8.96. The molecular weight excluding hydrogens is 390 g/mol. The first-order chi connectivity index (χ1) is 14.6. The second-order valence-electron chi connectivity index (χ2n) is 9.18. The highest BCUT2D eigenvalue weighted by atomic mass is 16.6. The number of nitrogens with zero attached hydrogens (tertiary/aromatic N) is 1. The Labute approximate surface area is 186 Å². The van der Waals surface area contributed by atoms with E-state index >= 15 is 0 Å². The monoisotopic (exact) mass is 425 g/mol. The predicted octanol–water partition coefficient (Wildman–Crippen LogP) is 3.89.